The number of carbonyl (C=O) groups excluding carboxylic acids is 1. The van der Waals surface area contributed by atoms with E-state index in [-0.39, 0.29) is 23.3 Å². The molecule has 1 aliphatic rings. The van der Waals surface area contributed by atoms with Gasteiger partial charge in [-0.25, -0.2) is 0 Å². The lowest BCUT2D eigenvalue weighted by Crippen LogP contribution is -2.47. The molecule has 0 spiro atoms. The predicted octanol–water partition coefficient (Wildman–Crippen LogP) is 1.25. The standard InChI is InChI=1S/C13H17N3O4/c1-10(15-6-8-20-9-7-15)13(17)14-11-4-2-3-5-12(11)16(18)19/h2-5,10H,6-9H2,1H3,(H,14,17). The molecule has 0 saturated carbocycles. The normalized spacial score (nSPS) is 17.4. The van der Waals surface area contributed by atoms with Crippen LogP contribution in [0.3, 0.4) is 0 Å². The first-order valence-corrected chi connectivity index (χ1v) is 6.45. The molecule has 108 valence electrons. The van der Waals surface area contributed by atoms with Crippen LogP contribution in [0.1, 0.15) is 6.92 Å². The Balaban J connectivity index is 2.05. The Labute approximate surface area is 116 Å². The Kier molecular flexibility index (Phi) is 4.65. The second-order valence-corrected chi connectivity index (χ2v) is 4.59. The molecule has 1 aromatic carbocycles. The summed E-state index contributed by atoms with van der Waals surface area (Å²) in [7, 11) is 0. The molecule has 1 N–H and O–H groups in total. The van der Waals surface area contributed by atoms with Crippen LogP contribution in [0.25, 0.3) is 0 Å². The molecule has 1 saturated heterocycles. The van der Waals surface area contributed by atoms with Crippen LogP contribution in [0, 0.1) is 10.1 Å². The highest BCUT2D eigenvalue weighted by molar-refractivity contribution is 5.96. The van der Waals surface area contributed by atoms with Gasteiger partial charge in [-0.05, 0) is 13.0 Å². The van der Waals surface area contributed by atoms with E-state index in [0.29, 0.717) is 26.3 Å². The molecule has 1 aromatic rings. The molecule has 0 aliphatic carbocycles. The number of amides is 1. The fourth-order valence-electron chi connectivity index (χ4n) is 2.11. The van der Waals surface area contributed by atoms with Crippen molar-refractivity contribution in [3.8, 4) is 0 Å². The van der Waals surface area contributed by atoms with Crippen LogP contribution in [0.2, 0.25) is 0 Å². The molecule has 1 heterocycles. The molecule has 0 radical (unpaired) electrons. The zero-order valence-corrected chi connectivity index (χ0v) is 11.2. The van der Waals surface area contributed by atoms with E-state index in [9.17, 15) is 14.9 Å². The fourth-order valence-corrected chi connectivity index (χ4v) is 2.11. The number of nitrogens with zero attached hydrogens (tertiary/aromatic N) is 2. The monoisotopic (exact) mass is 279 g/mol. The number of nitro groups is 1. The number of rotatable bonds is 4. The Morgan fingerprint density at radius 1 is 1.40 bits per heavy atom. The van der Waals surface area contributed by atoms with Gasteiger partial charge in [-0.1, -0.05) is 12.1 Å². The summed E-state index contributed by atoms with van der Waals surface area (Å²) in [4.78, 5) is 24.6. The molecule has 1 unspecified atom stereocenters. The molecular formula is C13H17N3O4. The van der Waals surface area contributed by atoms with Crippen molar-refractivity contribution in [2.45, 2.75) is 13.0 Å². The Bertz CT molecular complexity index is 500. The van der Waals surface area contributed by atoms with Crippen molar-refractivity contribution in [3.05, 3.63) is 34.4 Å². The average Bonchev–Trinajstić information content (AvgIpc) is 2.47. The minimum atomic E-state index is -0.505. The van der Waals surface area contributed by atoms with Gasteiger partial charge in [-0.2, -0.15) is 0 Å². The maximum Gasteiger partial charge on any atom is 0.292 e. The van der Waals surface area contributed by atoms with E-state index in [0.717, 1.165) is 0 Å². The first-order valence-electron chi connectivity index (χ1n) is 6.45. The van der Waals surface area contributed by atoms with E-state index in [1.54, 1.807) is 19.1 Å². The smallest absolute Gasteiger partial charge is 0.292 e. The average molecular weight is 279 g/mol. The zero-order valence-electron chi connectivity index (χ0n) is 11.2. The first-order chi connectivity index (χ1) is 9.59. The summed E-state index contributed by atoms with van der Waals surface area (Å²) in [6, 6.07) is 5.77. The van der Waals surface area contributed by atoms with Crippen molar-refractivity contribution < 1.29 is 14.5 Å². The largest absolute Gasteiger partial charge is 0.379 e. The minimum absolute atomic E-state index is 0.102. The lowest BCUT2D eigenvalue weighted by molar-refractivity contribution is -0.383. The predicted molar refractivity (Wildman–Crippen MR) is 73.6 cm³/mol. The van der Waals surface area contributed by atoms with Crippen molar-refractivity contribution in [2.24, 2.45) is 0 Å². The van der Waals surface area contributed by atoms with Gasteiger partial charge in [0.15, 0.2) is 0 Å². The summed E-state index contributed by atoms with van der Waals surface area (Å²) >= 11 is 0. The molecule has 1 fully saturated rings. The van der Waals surface area contributed by atoms with Crippen molar-refractivity contribution >= 4 is 17.3 Å². The van der Waals surface area contributed by atoms with Gasteiger partial charge in [0.1, 0.15) is 5.69 Å². The lowest BCUT2D eigenvalue weighted by atomic mass is 10.2. The topological polar surface area (TPSA) is 84.7 Å². The Hall–Kier alpha value is -1.99. The highest BCUT2D eigenvalue weighted by atomic mass is 16.6. The number of ether oxygens (including phenoxy) is 1. The van der Waals surface area contributed by atoms with Crippen LogP contribution in [0.15, 0.2) is 24.3 Å². The third kappa shape index (κ3) is 3.31. The van der Waals surface area contributed by atoms with Gasteiger partial charge in [-0.15, -0.1) is 0 Å². The van der Waals surface area contributed by atoms with E-state index in [1.165, 1.54) is 12.1 Å². The highest BCUT2D eigenvalue weighted by Crippen LogP contribution is 2.23. The zero-order chi connectivity index (χ0) is 14.5. The van der Waals surface area contributed by atoms with Crippen LogP contribution in [0.4, 0.5) is 11.4 Å². The van der Waals surface area contributed by atoms with Crippen LogP contribution in [0.5, 0.6) is 0 Å². The summed E-state index contributed by atoms with van der Waals surface area (Å²) in [5.41, 5.74) is 0.123. The van der Waals surface area contributed by atoms with E-state index >= 15 is 0 Å². The number of para-hydroxylation sites is 2. The number of nitrogens with one attached hydrogen (secondary N) is 1. The molecule has 1 amide bonds. The minimum Gasteiger partial charge on any atom is -0.379 e. The van der Waals surface area contributed by atoms with Crippen LogP contribution in [-0.2, 0) is 9.53 Å². The van der Waals surface area contributed by atoms with Crippen molar-refractivity contribution in [1.29, 1.82) is 0 Å². The molecule has 7 nitrogen and oxygen atoms in total. The van der Waals surface area contributed by atoms with Crippen LogP contribution in [-0.4, -0.2) is 48.1 Å². The number of morpholine rings is 1. The highest BCUT2D eigenvalue weighted by Gasteiger charge is 2.24. The van der Waals surface area contributed by atoms with Gasteiger partial charge in [-0.3, -0.25) is 19.8 Å². The quantitative estimate of drug-likeness (QED) is 0.662. The first kappa shape index (κ1) is 14.4. The number of hydrogen-bond acceptors (Lipinski definition) is 5. The molecule has 7 heteroatoms. The van der Waals surface area contributed by atoms with E-state index in [4.69, 9.17) is 4.74 Å². The van der Waals surface area contributed by atoms with Gasteiger partial charge < -0.3 is 10.1 Å². The van der Waals surface area contributed by atoms with Crippen molar-refractivity contribution in [1.82, 2.24) is 4.90 Å². The molecule has 1 aliphatic heterocycles. The van der Waals surface area contributed by atoms with Gasteiger partial charge in [0.25, 0.3) is 5.69 Å². The third-order valence-electron chi connectivity index (χ3n) is 3.33. The maximum absolute atomic E-state index is 12.2. The number of benzene rings is 1. The second kappa shape index (κ2) is 6.44. The summed E-state index contributed by atoms with van der Waals surface area (Å²) in [6.45, 7) is 4.36. The number of carbonyl (C=O) groups is 1. The Morgan fingerprint density at radius 2 is 2.05 bits per heavy atom. The Morgan fingerprint density at radius 3 is 2.70 bits per heavy atom. The molecule has 2 rings (SSSR count). The number of nitro benzene ring substituents is 1. The van der Waals surface area contributed by atoms with Gasteiger partial charge >= 0.3 is 0 Å². The summed E-state index contributed by atoms with van der Waals surface area (Å²) in [5, 5.41) is 13.5. The SMILES string of the molecule is CC(C(=O)Nc1ccccc1[N+](=O)[O-])N1CCOCC1. The van der Waals surface area contributed by atoms with Gasteiger partial charge in [0.2, 0.25) is 5.91 Å². The fraction of sp³-hybridized carbons (Fsp3) is 0.462. The van der Waals surface area contributed by atoms with Gasteiger partial charge in [0, 0.05) is 19.2 Å². The molecular weight excluding hydrogens is 262 g/mol. The molecule has 0 aromatic heterocycles. The van der Waals surface area contributed by atoms with E-state index in [1.807, 2.05) is 4.90 Å². The lowest BCUT2D eigenvalue weighted by Gasteiger charge is -2.31. The maximum atomic E-state index is 12.2. The third-order valence-corrected chi connectivity index (χ3v) is 3.33. The van der Waals surface area contributed by atoms with E-state index < -0.39 is 4.92 Å². The molecule has 0 bridgehead atoms. The van der Waals surface area contributed by atoms with Crippen LogP contribution >= 0.6 is 0 Å². The number of anilines is 1. The van der Waals surface area contributed by atoms with Crippen molar-refractivity contribution in [3.63, 3.8) is 0 Å². The molecule has 20 heavy (non-hydrogen) atoms. The van der Waals surface area contributed by atoms with E-state index in [2.05, 4.69) is 5.32 Å². The molecule has 1 atom stereocenters. The second-order valence-electron chi connectivity index (χ2n) is 4.59. The summed E-state index contributed by atoms with van der Waals surface area (Å²) in [5.74, 6) is -0.249. The van der Waals surface area contributed by atoms with Crippen LogP contribution < -0.4 is 5.32 Å². The number of hydrogen-bond donors (Lipinski definition) is 1. The van der Waals surface area contributed by atoms with Gasteiger partial charge in [0.05, 0.1) is 24.2 Å². The summed E-state index contributed by atoms with van der Waals surface area (Å²) < 4.78 is 5.24. The summed E-state index contributed by atoms with van der Waals surface area (Å²) in [6.07, 6.45) is 0. The van der Waals surface area contributed by atoms with Crippen molar-refractivity contribution in [2.75, 3.05) is 31.6 Å².